The summed E-state index contributed by atoms with van der Waals surface area (Å²) in [5, 5.41) is 0. The quantitative estimate of drug-likeness (QED) is 0.265. The van der Waals surface area contributed by atoms with Crippen LogP contribution in [0.1, 0.15) is 56.6 Å². The van der Waals surface area contributed by atoms with Crippen molar-refractivity contribution < 1.29 is 4.74 Å². The zero-order chi connectivity index (χ0) is 17.0. The van der Waals surface area contributed by atoms with Crippen LogP contribution in [-0.4, -0.2) is 6.61 Å². The maximum Gasteiger partial charge on any atom is 0.119 e. The summed E-state index contributed by atoms with van der Waals surface area (Å²) in [6.45, 7) is 3.05. The highest BCUT2D eigenvalue weighted by molar-refractivity contribution is 14.1. The summed E-state index contributed by atoms with van der Waals surface area (Å²) in [7, 11) is 0. The van der Waals surface area contributed by atoms with E-state index in [9.17, 15) is 0 Å². The van der Waals surface area contributed by atoms with Gasteiger partial charge in [0.25, 0.3) is 0 Å². The summed E-state index contributed by atoms with van der Waals surface area (Å²) in [5.41, 5.74) is 2.05. The van der Waals surface area contributed by atoms with Crippen molar-refractivity contribution in [3.05, 3.63) is 63.2 Å². The maximum atomic E-state index is 5.79. The molecule has 0 N–H and O–H groups in total. The first kappa shape index (κ1) is 18.9. The van der Waals surface area contributed by atoms with E-state index in [1.807, 2.05) is 36.4 Å². The Hall–Kier alpha value is -1.47. The van der Waals surface area contributed by atoms with Crippen LogP contribution in [0.2, 0.25) is 0 Å². The van der Waals surface area contributed by atoms with Gasteiger partial charge in [0.2, 0.25) is 0 Å². The van der Waals surface area contributed by atoms with Crippen LogP contribution in [0.25, 0.3) is 0 Å². The number of halogens is 1. The van der Waals surface area contributed by atoms with E-state index < -0.39 is 0 Å². The van der Waals surface area contributed by atoms with Gasteiger partial charge in [-0.05, 0) is 77.5 Å². The van der Waals surface area contributed by atoms with E-state index in [4.69, 9.17) is 4.74 Å². The van der Waals surface area contributed by atoms with E-state index in [-0.39, 0.29) is 0 Å². The van der Waals surface area contributed by atoms with Crippen LogP contribution in [0.3, 0.4) is 0 Å². The van der Waals surface area contributed by atoms with Gasteiger partial charge in [0.05, 0.1) is 6.61 Å². The third kappa shape index (κ3) is 7.40. The molecule has 2 heteroatoms. The molecule has 0 aliphatic rings. The normalized spacial score (nSPS) is 10.1. The van der Waals surface area contributed by atoms with Crippen molar-refractivity contribution in [2.24, 2.45) is 0 Å². The summed E-state index contributed by atoms with van der Waals surface area (Å²) < 4.78 is 7.02. The zero-order valence-corrected chi connectivity index (χ0v) is 16.5. The van der Waals surface area contributed by atoms with Crippen molar-refractivity contribution in [2.45, 2.75) is 45.4 Å². The Balaban J connectivity index is 1.74. The van der Waals surface area contributed by atoms with E-state index in [2.05, 4.69) is 53.5 Å². The molecule has 2 aromatic carbocycles. The van der Waals surface area contributed by atoms with Crippen LogP contribution in [0, 0.1) is 15.4 Å². The van der Waals surface area contributed by atoms with Gasteiger partial charge in [-0.3, -0.25) is 0 Å². The van der Waals surface area contributed by atoms with Gasteiger partial charge in [-0.1, -0.05) is 50.9 Å². The molecule has 0 bridgehead atoms. The summed E-state index contributed by atoms with van der Waals surface area (Å²) in [5.74, 6) is 7.32. The summed E-state index contributed by atoms with van der Waals surface area (Å²) >= 11 is 2.30. The van der Waals surface area contributed by atoms with Crippen LogP contribution in [0.4, 0.5) is 0 Å². The molecule has 1 nitrogen and oxygen atoms in total. The van der Waals surface area contributed by atoms with Gasteiger partial charge in [-0.15, -0.1) is 0 Å². The van der Waals surface area contributed by atoms with E-state index in [1.54, 1.807) is 0 Å². The molecule has 0 saturated carbocycles. The average Bonchev–Trinajstić information content (AvgIpc) is 2.61. The predicted molar refractivity (Wildman–Crippen MR) is 110 cm³/mol. The van der Waals surface area contributed by atoms with E-state index in [1.165, 1.54) is 35.7 Å². The Morgan fingerprint density at radius 3 is 1.92 bits per heavy atom. The predicted octanol–water partition coefficient (Wildman–Crippen LogP) is 6.43. The SMILES string of the molecule is CCCCCCCCOc1ccc(C#Cc2ccc(I)cc2)cc1. The molecule has 0 atom stereocenters. The highest BCUT2D eigenvalue weighted by atomic mass is 127. The second-order valence-corrected chi connectivity index (χ2v) is 7.14. The number of rotatable bonds is 8. The molecule has 2 rings (SSSR count). The Kier molecular flexibility index (Phi) is 8.76. The molecule has 0 spiro atoms. The minimum atomic E-state index is 0.805. The first-order valence-corrected chi connectivity index (χ1v) is 9.86. The molecule has 0 amide bonds. The lowest BCUT2D eigenvalue weighted by atomic mass is 10.1. The number of benzene rings is 2. The molecule has 0 saturated heterocycles. The number of hydrogen-bond donors (Lipinski definition) is 0. The van der Waals surface area contributed by atoms with Gasteiger partial charge < -0.3 is 4.74 Å². The third-order valence-corrected chi connectivity index (χ3v) is 4.54. The zero-order valence-electron chi connectivity index (χ0n) is 14.4. The van der Waals surface area contributed by atoms with Crippen molar-refractivity contribution in [3.63, 3.8) is 0 Å². The number of ether oxygens (including phenoxy) is 1. The minimum Gasteiger partial charge on any atom is -0.494 e. The molecule has 2 aromatic rings. The highest BCUT2D eigenvalue weighted by Crippen LogP contribution is 2.13. The Bertz CT molecular complexity index is 647. The Morgan fingerprint density at radius 1 is 0.750 bits per heavy atom. The van der Waals surface area contributed by atoms with Crippen molar-refractivity contribution >= 4 is 22.6 Å². The summed E-state index contributed by atoms with van der Waals surface area (Å²) in [6, 6.07) is 16.3. The first-order valence-electron chi connectivity index (χ1n) is 8.78. The summed E-state index contributed by atoms with van der Waals surface area (Å²) in [4.78, 5) is 0. The van der Waals surface area contributed by atoms with Gasteiger partial charge in [0.15, 0.2) is 0 Å². The largest absolute Gasteiger partial charge is 0.494 e. The second kappa shape index (κ2) is 11.1. The number of unbranched alkanes of at least 4 members (excludes halogenated alkanes) is 5. The molecule has 126 valence electrons. The van der Waals surface area contributed by atoms with E-state index in [0.717, 1.165) is 29.9 Å². The van der Waals surface area contributed by atoms with Gasteiger partial charge in [0.1, 0.15) is 5.75 Å². The monoisotopic (exact) mass is 432 g/mol. The molecule has 0 fully saturated rings. The van der Waals surface area contributed by atoms with Crippen LogP contribution < -0.4 is 4.74 Å². The molecular weight excluding hydrogens is 407 g/mol. The smallest absolute Gasteiger partial charge is 0.119 e. The highest BCUT2D eigenvalue weighted by Gasteiger charge is 1.95. The maximum absolute atomic E-state index is 5.79. The lowest BCUT2D eigenvalue weighted by Crippen LogP contribution is -1.97. The molecule has 0 aromatic heterocycles. The van der Waals surface area contributed by atoms with Crippen molar-refractivity contribution in [1.82, 2.24) is 0 Å². The minimum absolute atomic E-state index is 0.805. The van der Waals surface area contributed by atoms with E-state index >= 15 is 0 Å². The molecule has 24 heavy (non-hydrogen) atoms. The third-order valence-electron chi connectivity index (χ3n) is 3.82. The van der Waals surface area contributed by atoms with Crippen LogP contribution in [-0.2, 0) is 0 Å². The lowest BCUT2D eigenvalue weighted by molar-refractivity contribution is 0.304. The Labute approximate surface area is 160 Å². The fourth-order valence-corrected chi connectivity index (χ4v) is 2.74. The fourth-order valence-electron chi connectivity index (χ4n) is 2.38. The topological polar surface area (TPSA) is 9.23 Å². The summed E-state index contributed by atoms with van der Waals surface area (Å²) in [6.07, 6.45) is 7.73. The molecule has 0 heterocycles. The second-order valence-electron chi connectivity index (χ2n) is 5.90. The number of hydrogen-bond acceptors (Lipinski definition) is 1. The van der Waals surface area contributed by atoms with Gasteiger partial charge in [-0.25, -0.2) is 0 Å². The fraction of sp³-hybridized carbons (Fsp3) is 0.364. The van der Waals surface area contributed by atoms with Crippen LogP contribution in [0.15, 0.2) is 48.5 Å². The van der Waals surface area contributed by atoms with Crippen molar-refractivity contribution in [1.29, 1.82) is 0 Å². The van der Waals surface area contributed by atoms with Gasteiger partial charge >= 0.3 is 0 Å². The molecule has 0 aliphatic heterocycles. The van der Waals surface area contributed by atoms with Crippen molar-refractivity contribution in [2.75, 3.05) is 6.61 Å². The average molecular weight is 432 g/mol. The Morgan fingerprint density at radius 2 is 1.29 bits per heavy atom. The van der Waals surface area contributed by atoms with Crippen molar-refractivity contribution in [3.8, 4) is 17.6 Å². The van der Waals surface area contributed by atoms with E-state index in [0.29, 0.717) is 0 Å². The standard InChI is InChI=1S/C22H25IO/c1-2-3-4-5-6-7-18-24-22-16-12-20(13-17-22)9-8-19-10-14-21(23)15-11-19/h10-17H,2-7,18H2,1H3. The first-order chi connectivity index (χ1) is 11.8. The molecular formula is C22H25IO. The lowest BCUT2D eigenvalue weighted by Gasteiger charge is -2.06. The van der Waals surface area contributed by atoms with Crippen LogP contribution in [0.5, 0.6) is 5.75 Å². The van der Waals surface area contributed by atoms with Gasteiger partial charge in [-0.2, -0.15) is 0 Å². The molecule has 0 unspecified atom stereocenters. The molecule has 0 aliphatic carbocycles. The van der Waals surface area contributed by atoms with Crippen LogP contribution >= 0.6 is 22.6 Å². The van der Waals surface area contributed by atoms with Gasteiger partial charge in [0, 0.05) is 14.7 Å². The molecule has 0 radical (unpaired) electrons.